The van der Waals surface area contributed by atoms with Crippen LogP contribution in [0.5, 0.6) is 0 Å². The smallest absolute Gasteiger partial charge is 0.264 e. The van der Waals surface area contributed by atoms with E-state index in [9.17, 15) is 21.9 Å². The number of hydrogen-bond acceptors (Lipinski definition) is 6. The third kappa shape index (κ3) is 18.4. The van der Waals surface area contributed by atoms with Crippen LogP contribution in [-0.4, -0.2) is 46.2 Å². The Morgan fingerprint density at radius 3 is 1.55 bits per heavy atom. The zero-order valence-corrected chi connectivity index (χ0v) is 21.1. The molecule has 1 N–H and O–H groups in total. The molecule has 0 amide bonds. The van der Waals surface area contributed by atoms with E-state index in [-0.39, 0.29) is 0 Å². The van der Waals surface area contributed by atoms with Crippen molar-refractivity contribution in [3.63, 3.8) is 0 Å². The molecule has 0 aliphatic heterocycles. The predicted octanol–water partition coefficient (Wildman–Crippen LogP) is 4.87. The van der Waals surface area contributed by atoms with Gasteiger partial charge in [0.2, 0.25) is 9.05 Å². The largest absolute Gasteiger partial charge is 0.388 e. The van der Waals surface area contributed by atoms with Crippen LogP contribution in [0.3, 0.4) is 0 Å². The summed E-state index contributed by atoms with van der Waals surface area (Å²) in [6, 6.07) is 18.7. The van der Waals surface area contributed by atoms with Crippen LogP contribution in [0.2, 0.25) is 0 Å². The highest BCUT2D eigenvalue weighted by molar-refractivity contribution is 8.13. The van der Waals surface area contributed by atoms with Crippen molar-refractivity contribution < 1.29 is 26.1 Å². The zero-order valence-electron chi connectivity index (χ0n) is 17.2. The van der Waals surface area contributed by atoms with Crippen molar-refractivity contribution >= 4 is 53.1 Å². The second-order valence-corrected chi connectivity index (χ2v) is 11.7. The molecule has 6 nitrogen and oxygen atoms in total. The van der Waals surface area contributed by atoms with Crippen molar-refractivity contribution in [3.8, 4) is 0 Å². The van der Waals surface area contributed by atoms with Crippen molar-refractivity contribution in [2.75, 3.05) is 24.3 Å². The van der Waals surface area contributed by atoms with Crippen LogP contribution in [-0.2, 0) is 23.4 Å². The van der Waals surface area contributed by atoms with Gasteiger partial charge in [0.25, 0.3) is 10.1 Å². The van der Waals surface area contributed by atoms with Gasteiger partial charge in [0.15, 0.2) is 0 Å². The van der Waals surface area contributed by atoms with Crippen molar-refractivity contribution in [2.45, 2.75) is 25.0 Å². The molecule has 11 heteroatoms. The van der Waals surface area contributed by atoms with E-state index < -0.39 is 31.4 Å². The van der Waals surface area contributed by atoms with Crippen molar-refractivity contribution in [3.05, 3.63) is 71.8 Å². The summed E-state index contributed by atoms with van der Waals surface area (Å²) in [5.41, 5.74) is 1.76. The molecule has 2 aromatic rings. The fraction of sp³-hybridized carbons (Fsp3) is 0.400. The lowest BCUT2D eigenvalue weighted by atomic mass is 10.1. The maximum absolute atomic E-state index is 11.0. The summed E-state index contributed by atoms with van der Waals surface area (Å²) in [7, 11) is -2.14. The number of halogens is 3. The first-order chi connectivity index (χ1) is 14.4. The molecule has 0 saturated heterocycles. The van der Waals surface area contributed by atoms with E-state index in [1.54, 1.807) is 0 Å². The van der Waals surface area contributed by atoms with Crippen LogP contribution < -0.4 is 0 Å². The van der Waals surface area contributed by atoms with E-state index in [1.165, 1.54) is 0 Å². The minimum atomic E-state index is -3.45. The van der Waals surface area contributed by atoms with Gasteiger partial charge in [0.05, 0.1) is 18.6 Å². The lowest BCUT2D eigenvalue weighted by molar-refractivity contribution is 0.174. The fourth-order valence-electron chi connectivity index (χ4n) is 2.19. The Balaban J connectivity index is 0.000000492. The number of hydrogen-bond donors (Lipinski definition) is 1. The first-order valence-corrected chi connectivity index (χ1v) is 14.7. The third-order valence-electron chi connectivity index (χ3n) is 3.40. The lowest BCUT2D eigenvalue weighted by Gasteiger charge is -2.15. The van der Waals surface area contributed by atoms with Crippen LogP contribution >= 0.6 is 33.9 Å². The molecule has 0 spiro atoms. The molecule has 0 saturated carbocycles. The van der Waals surface area contributed by atoms with E-state index in [2.05, 4.69) is 10.7 Å². The average molecular weight is 534 g/mol. The summed E-state index contributed by atoms with van der Waals surface area (Å²) in [4.78, 5) is 0. The Morgan fingerprint density at radius 1 is 0.806 bits per heavy atom. The second-order valence-electron chi connectivity index (χ2n) is 6.26. The molecule has 0 bridgehead atoms. The van der Waals surface area contributed by atoms with Crippen molar-refractivity contribution in [1.29, 1.82) is 0 Å². The fourth-order valence-corrected chi connectivity index (χ4v) is 3.23. The molecular formula is C20H27Cl3O6S2. The van der Waals surface area contributed by atoms with Crippen LogP contribution in [0.15, 0.2) is 60.7 Å². The van der Waals surface area contributed by atoms with Gasteiger partial charge >= 0.3 is 0 Å². The van der Waals surface area contributed by atoms with Crippen molar-refractivity contribution in [2.24, 2.45) is 0 Å². The van der Waals surface area contributed by atoms with Crippen LogP contribution in [0.25, 0.3) is 0 Å². The Hall–Kier alpha value is -0.870. The predicted molar refractivity (Wildman–Crippen MR) is 128 cm³/mol. The summed E-state index contributed by atoms with van der Waals surface area (Å²) >= 11 is 11.1. The minimum Gasteiger partial charge on any atom is -0.388 e. The maximum atomic E-state index is 11.0. The van der Waals surface area contributed by atoms with Gasteiger partial charge in [-0.3, -0.25) is 4.18 Å². The normalized spacial score (nSPS) is 13.1. The monoisotopic (exact) mass is 532 g/mol. The molecule has 0 aromatic heterocycles. The highest BCUT2D eigenvalue weighted by Crippen LogP contribution is 2.23. The van der Waals surface area contributed by atoms with Crippen LogP contribution in [0.4, 0.5) is 0 Å². The van der Waals surface area contributed by atoms with Gasteiger partial charge < -0.3 is 5.11 Å². The van der Waals surface area contributed by atoms with E-state index in [0.29, 0.717) is 24.6 Å². The van der Waals surface area contributed by atoms with E-state index in [0.717, 1.165) is 23.6 Å². The molecule has 2 rings (SSSR count). The molecule has 2 aromatic carbocycles. The quantitative estimate of drug-likeness (QED) is 0.295. The zero-order chi connectivity index (χ0) is 23.9. The topological polar surface area (TPSA) is 97.7 Å². The number of aliphatic hydroxyl groups excluding tert-OH is 1. The molecule has 176 valence electrons. The maximum Gasteiger partial charge on any atom is 0.264 e. The summed E-state index contributed by atoms with van der Waals surface area (Å²) in [6.07, 6.45) is 2.16. The summed E-state index contributed by atoms with van der Waals surface area (Å²) in [5.74, 6) is 0.852. The first kappa shape index (κ1) is 30.1. The summed E-state index contributed by atoms with van der Waals surface area (Å²) < 4.78 is 45.8. The van der Waals surface area contributed by atoms with Gasteiger partial charge in [-0.15, -0.1) is 23.2 Å². The molecule has 2 atom stereocenters. The second kappa shape index (κ2) is 15.9. The Morgan fingerprint density at radius 2 is 1.19 bits per heavy atom. The molecule has 0 aliphatic carbocycles. The molecule has 31 heavy (non-hydrogen) atoms. The third-order valence-corrected chi connectivity index (χ3v) is 4.42. The summed E-state index contributed by atoms with van der Waals surface area (Å²) in [5, 5.41) is 9.44. The molecule has 0 radical (unpaired) electrons. The van der Waals surface area contributed by atoms with Gasteiger partial charge in [-0.2, -0.15) is 8.42 Å². The standard InChI is InChI=1S/C10H13ClO3S.C9H11ClO.CH3ClO2S/c1-15(12,13)14-10(7-8-11)9-5-3-2-4-6-9;10-7-6-9(11)8-4-2-1-3-5-8;1-5(2,3)4/h2-6,10H,7-8H2,1H3;1-5,9,11H,6-7H2;1H3/t10-;9-;/m11./s1. The number of aliphatic hydroxyl groups is 1. The van der Waals surface area contributed by atoms with Gasteiger partial charge in [-0.1, -0.05) is 60.7 Å². The number of rotatable bonds is 8. The van der Waals surface area contributed by atoms with E-state index >= 15 is 0 Å². The summed E-state index contributed by atoms with van der Waals surface area (Å²) in [6.45, 7) is 0. The van der Waals surface area contributed by atoms with E-state index in [4.69, 9.17) is 27.4 Å². The highest BCUT2D eigenvalue weighted by atomic mass is 35.7. The molecular weight excluding hydrogens is 507 g/mol. The van der Waals surface area contributed by atoms with Gasteiger partial charge in [-0.25, -0.2) is 8.42 Å². The molecule has 0 aliphatic rings. The Labute approximate surface area is 199 Å². The molecule has 0 fully saturated rings. The van der Waals surface area contributed by atoms with Gasteiger partial charge in [0.1, 0.15) is 6.10 Å². The molecule has 0 heterocycles. The SMILES string of the molecule is CS(=O)(=O)Cl.CS(=O)(=O)O[C@H](CCCl)c1ccccc1.O[C@H](CCCl)c1ccccc1. The lowest BCUT2D eigenvalue weighted by Crippen LogP contribution is -2.11. The molecule has 0 unspecified atom stereocenters. The van der Waals surface area contributed by atoms with Crippen molar-refractivity contribution in [1.82, 2.24) is 0 Å². The van der Waals surface area contributed by atoms with Crippen LogP contribution in [0, 0.1) is 0 Å². The van der Waals surface area contributed by atoms with Gasteiger partial charge in [0, 0.05) is 22.4 Å². The Kier molecular flexibility index (Phi) is 15.4. The number of alkyl halides is 2. The minimum absolute atomic E-state index is 0.356. The Bertz CT molecular complexity index is 916. The number of benzene rings is 2. The van der Waals surface area contributed by atoms with Gasteiger partial charge in [-0.05, 0) is 24.0 Å². The first-order valence-electron chi connectivity index (χ1n) is 9.05. The van der Waals surface area contributed by atoms with E-state index in [1.807, 2.05) is 60.7 Å². The average Bonchev–Trinajstić information content (AvgIpc) is 2.67. The highest BCUT2D eigenvalue weighted by Gasteiger charge is 2.16. The van der Waals surface area contributed by atoms with Crippen LogP contribution in [0.1, 0.15) is 36.2 Å².